The zero-order valence-electron chi connectivity index (χ0n) is 21.6. The van der Waals surface area contributed by atoms with E-state index in [2.05, 4.69) is 22.9 Å². The lowest BCUT2D eigenvalue weighted by Gasteiger charge is -2.43. The van der Waals surface area contributed by atoms with Gasteiger partial charge in [-0.2, -0.15) is 4.31 Å². The molecule has 2 atom stereocenters. The first-order valence-corrected chi connectivity index (χ1v) is 14.8. The number of hydrogen-bond acceptors (Lipinski definition) is 5. The summed E-state index contributed by atoms with van der Waals surface area (Å²) in [5, 5.41) is 0. The first-order chi connectivity index (χ1) is 18.0. The summed E-state index contributed by atoms with van der Waals surface area (Å²) in [5.41, 5.74) is 3.51. The molecule has 2 N–H and O–H groups in total. The molecule has 0 amide bonds. The number of hydrogen-bond donors (Lipinski definition) is 2. The van der Waals surface area contributed by atoms with Crippen molar-refractivity contribution >= 4 is 32.7 Å². The highest BCUT2D eigenvalue weighted by Gasteiger charge is 2.33. The maximum Gasteiger partial charge on any atom is 0.306 e. The Labute approximate surface area is 232 Å². The monoisotopic (exact) mass is 607 g/mol. The Balaban J connectivity index is 1.72. The van der Waals surface area contributed by atoms with Gasteiger partial charge in [-0.3, -0.25) is 13.9 Å². The van der Waals surface area contributed by atoms with Gasteiger partial charge in [-0.1, -0.05) is 47.1 Å². The predicted octanol–water partition coefficient (Wildman–Crippen LogP) is 7.84. The number of ether oxygens (including phenoxy) is 1. The number of halogens is 3. The molecule has 0 bridgehead atoms. The van der Waals surface area contributed by atoms with Crippen molar-refractivity contribution in [1.29, 1.82) is 0 Å². The Hall–Kier alpha value is -2.30. The van der Waals surface area contributed by atoms with Gasteiger partial charge >= 0.3 is 5.97 Å². The van der Waals surface area contributed by atoms with Gasteiger partial charge in [-0.05, 0) is 78.3 Å². The molecule has 0 spiro atoms. The van der Waals surface area contributed by atoms with Crippen molar-refractivity contribution in [2.75, 3.05) is 13.2 Å². The summed E-state index contributed by atoms with van der Waals surface area (Å²) >= 11 is 3.48. The third kappa shape index (κ3) is 6.29. The van der Waals surface area contributed by atoms with E-state index < -0.39 is 34.3 Å². The largest absolute Gasteiger partial charge is 0.466 e. The zero-order chi connectivity index (χ0) is 27.6. The molecule has 0 radical (unpaired) electrons. The van der Waals surface area contributed by atoms with Crippen LogP contribution < -0.4 is 0 Å². The quantitative estimate of drug-likeness (QED) is 0.268. The lowest BCUT2D eigenvalue weighted by molar-refractivity contribution is -0.143. The van der Waals surface area contributed by atoms with Crippen LogP contribution in [0.5, 0.6) is 0 Å². The molecule has 1 aliphatic rings. The van der Waals surface area contributed by atoms with Gasteiger partial charge in [0.25, 0.3) is 0 Å². The van der Waals surface area contributed by atoms with Gasteiger partial charge in [0.15, 0.2) is 0 Å². The number of fused-ring (bicyclic) bond motifs is 1. The van der Waals surface area contributed by atoms with Crippen LogP contribution in [0.25, 0.3) is 0 Å². The summed E-state index contributed by atoms with van der Waals surface area (Å²) < 4.78 is 59.1. The normalized spacial score (nSPS) is 18.8. The molecule has 5 nitrogen and oxygen atoms in total. The van der Waals surface area contributed by atoms with Crippen molar-refractivity contribution in [3.8, 4) is 0 Å². The lowest BCUT2D eigenvalue weighted by Crippen LogP contribution is -2.30. The Morgan fingerprint density at radius 3 is 2.63 bits per heavy atom. The fraction of sp³-hybridized carbons (Fsp3) is 0.345. The second-order valence-electron chi connectivity index (χ2n) is 9.82. The average Bonchev–Trinajstić information content (AvgIpc) is 2.92. The van der Waals surface area contributed by atoms with Crippen molar-refractivity contribution in [2.45, 2.75) is 51.0 Å². The van der Waals surface area contributed by atoms with Crippen molar-refractivity contribution < 1.29 is 27.4 Å². The first kappa shape index (κ1) is 28.7. The molecule has 38 heavy (non-hydrogen) atoms. The standard InChI is InChI=1S/C29H32BrF2NO4S/c1-4-37-29(34)15-26(25-9-8-24(31)14-27(25)32)20-6-5-19(3)22(12-20)17-33-16-18(2)11-21-13-23(30)7-10-28(21)38(33,35)36/h5-10,12-14,18,26,35-36H,4,11,15-17H2,1-3H3. The highest BCUT2D eigenvalue weighted by Crippen LogP contribution is 2.56. The van der Waals surface area contributed by atoms with E-state index in [-0.39, 0.29) is 31.1 Å². The van der Waals surface area contributed by atoms with E-state index in [0.717, 1.165) is 27.2 Å². The molecule has 1 aliphatic heterocycles. The molecule has 3 aromatic rings. The van der Waals surface area contributed by atoms with Crippen molar-refractivity contribution in [1.82, 2.24) is 4.31 Å². The maximum absolute atomic E-state index is 14.9. The molecule has 1 heterocycles. The second-order valence-corrected chi connectivity index (χ2v) is 12.7. The van der Waals surface area contributed by atoms with Gasteiger partial charge in [0, 0.05) is 29.5 Å². The third-order valence-electron chi connectivity index (χ3n) is 6.90. The van der Waals surface area contributed by atoms with Crippen LogP contribution in [0.4, 0.5) is 8.78 Å². The fourth-order valence-corrected chi connectivity index (χ4v) is 7.22. The van der Waals surface area contributed by atoms with E-state index in [4.69, 9.17) is 4.74 Å². The van der Waals surface area contributed by atoms with Crippen LogP contribution >= 0.6 is 26.7 Å². The molecule has 2 unspecified atom stereocenters. The number of benzene rings is 3. The van der Waals surface area contributed by atoms with Gasteiger partial charge in [-0.15, -0.1) is 10.8 Å². The van der Waals surface area contributed by atoms with Crippen LogP contribution in [0.2, 0.25) is 0 Å². The molecule has 3 aromatic carbocycles. The molecule has 0 fully saturated rings. The van der Waals surface area contributed by atoms with Crippen LogP contribution in [-0.4, -0.2) is 32.5 Å². The second kappa shape index (κ2) is 11.8. The summed E-state index contributed by atoms with van der Waals surface area (Å²) in [4.78, 5) is 13.0. The average molecular weight is 609 g/mol. The van der Waals surface area contributed by atoms with E-state index in [0.29, 0.717) is 23.4 Å². The third-order valence-corrected chi connectivity index (χ3v) is 9.38. The first-order valence-electron chi connectivity index (χ1n) is 12.5. The minimum Gasteiger partial charge on any atom is -0.466 e. The summed E-state index contributed by atoms with van der Waals surface area (Å²) in [6, 6.07) is 14.4. The van der Waals surface area contributed by atoms with Gasteiger partial charge in [0.1, 0.15) is 11.6 Å². The molecular formula is C29H32BrF2NO4S. The minimum absolute atomic E-state index is 0.114. The van der Waals surface area contributed by atoms with E-state index in [1.54, 1.807) is 17.3 Å². The number of carbonyl (C=O) groups excluding carboxylic acids is 1. The van der Waals surface area contributed by atoms with E-state index in [9.17, 15) is 22.7 Å². The number of rotatable bonds is 7. The summed E-state index contributed by atoms with van der Waals surface area (Å²) in [7, 11) is -3.27. The smallest absolute Gasteiger partial charge is 0.306 e. The van der Waals surface area contributed by atoms with Crippen LogP contribution in [0.1, 0.15) is 54.0 Å². The molecule has 0 saturated heterocycles. The van der Waals surface area contributed by atoms with Crippen LogP contribution in [0.3, 0.4) is 0 Å². The highest BCUT2D eigenvalue weighted by molar-refractivity contribution is 9.10. The van der Waals surface area contributed by atoms with E-state index in [1.807, 2.05) is 37.3 Å². The molecule has 204 valence electrons. The summed E-state index contributed by atoms with van der Waals surface area (Å²) in [6.45, 7) is 6.62. The Morgan fingerprint density at radius 1 is 1.16 bits per heavy atom. The van der Waals surface area contributed by atoms with Gasteiger partial charge in [0.2, 0.25) is 0 Å². The van der Waals surface area contributed by atoms with Gasteiger partial charge in [-0.25, -0.2) is 8.78 Å². The van der Waals surface area contributed by atoms with Gasteiger partial charge < -0.3 is 4.74 Å². The maximum atomic E-state index is 14.9. The molecule has 0 aliphatic carbocycles. The molecule has 0 aromatic heterocycles. The van der Waals surface area contributed by atoms with Crippen LogP contribution in [0.15, 0.2) is 64.0 Å². The van der Waals surface area contributed by atoms with Crippen molar-refractivity contribution in [2.24, 2.45) is 5.92 Å². The molecule has 4 rings (SSSR count). The number of carbonyl (C=O) groups is 1. The number of aryl methyl sites for hydroxylation is 1. The predicted molar refractivity (Wildman–Crippen MR) is 149 cm³/mol. The topological polar surface area (TPSA) is 70.0 Å². The van der Waals surface area contributed by atoms with Gasteiger partial charge in [0.05, 0.1) is 17.9 Å². The minimum atomic E-state index is -3.27. The summed E-state index contributed by atoms with van der Waals surface area (Å²) in [6.07, 6.45) is 0.600. The SMILES string of the molecule is CCOC(=O)CC(c1ccc(C)c(CN2CC(C)Cc3cc(Br)ccc3S2(O)O)c1)c1ccc(F)cc1F. The summed E-state index contributed by atoms with van der Waals surface area (Å²) in [5.74, 6) is -2.44. The molecular weight excluding hydrogens is 576 g/mol. The Morgan fingerprint density at radius 2 is 1.92 bits per heavy atom. The Kier molecular flexibility index (Phi) is 8.94. The number of nitrogens with zero attached hydrogens (tertiary/aromatic N) is 1. The lowest BCUT2D eigenvalue weighted by atomic mass is 9.86. The van der Waals surface area contributed by atoms with Crippen molar-refractivity contribution in [3.63, 3.8) is 0 Å². The van der Waals surface area contributed by atoms with Crippen LogP contribution in [-0.2, 0) is 22.5 Å². The molecule has 9 heteroatoms. The zero-order valence-corrected chi connectivity index (χ0v) is 24.0. The van der Waals surface area contributed by atoms with E-state index >= 15 is 0 Å². The fourth-order valence-electron chi connectivity index (χ4n) is 5.01. The van der Waals surface area contributed by atoms with E-state index in [1.165, 1.54) is 12.1 Å². The highest BCUT2D eigenvalue weighted by atomic mass is 79.9. The van der Waals surface area contributed by atoms with Crippen molar-refractivity contribution in [3.05, 3.63) is 98.5 Å². The van der Waals surface area contributed by atoms with Crippen LogP contribution in [0, 0.1) is 24.5 Å². The number of esters is 1. The Bertz CT molecular complexity index is 1340. The molecule has 0 saturated carbocycles.